The highest BCUT2D eigenvalue weighted by molar-refractivity contribution is 7.14. The molecular weight excluding hydrogens is 356 g/mol. The highest BCUT2D eigenvalue weighted by Gasteiger charge is 2.16. The van der Waals surface area contributed by atoms with Crippen LogP contribution in [0.25, 0.3) is 22.2 Å². The van der Waals surface area contributed by atoms with Gasteiger partial charge < -0.3 is 10.3 Å². The number of aromatic amines is 1. The van der Waals surface area contributed by atoms with Crippen molar-refractivity contribution in [1.29, 1.82) is 0 Å². The van der Waals surface area contributed by atoms with Crippen molar-refractivity contribution in [3.8, 4) is 11.3 Å². The van der Waals surface area contributed by atoms with E-state index in [1.165, 1.54) is 23.6 Å². The average molecular weight is 369 g/mol. The van der Waals surface area contributed by atoms with E-state index in [2.05, 4.69) is 15.3 Å². The van der Waals surface area contributed by atoms with Crippen molar-refractivity contribution in [2.24, 2.45) is 0 Å². The number of carbonyl (C=O) groups is 1. The van der Waals surface area contributed by atoms with Crippen molar-refractivity contribution < 1.29 is 13.6 Å². The Kier molecular flexibility index (Phi) is 4.22. The summed E-state index contributed by atoms with van der Waals surface area (Å²) in [6, 6.07) is 11.4. The first-order valence-corrected chi connectivity index (χ1v) is 8.74. The number of hydrogen-bond donors (Lipinski definition) is 2. The largest absolute Gasteiger partial charge is 0.361 e. The maximum atomic E-state index is 13.8. The van der Waals surface area contributed by atoms with Crippen molar-refractivity contribution in [2.45, 2.75) is 6.42 Å². The zero-order valence-electron chi connectivity index (χ0n) is 13.4. The van der Waals surface area contributed by atoms with Crippen LogP contribution < -0.4 is 5.32 Å². The van der Waals surface area contributed by atoms with Gasteiger partial charge >= 0.3 is 0 Å². The summed E-state index contributed by atoms with van der Waals surface area (Å²) in [4.78, 5) is 19.5. The van der Waals surface area contributed by atoms with E-state index >= 15 is 0 Å². The second kappa shape index (κ2) is 6.68. The van der Waals surface area contributed by atoms with Gasteiger partial charge in [-0.15, -0.1) is 11.3 Å². The lowest BCUT2D eigenvalue weighted by Crippen LogP contribution is -2.14. The molecule has 0 spiro atoms. The Hall–Kier alpha value is -3.06. The second-order valence-electron chi connectivity index (χ2n) is 5.72. The first-order chi connectivity index (χ1) is 12.6. The number of halogens is 2. The van der Waals surface area contributed by atoms with Gasteiger partial charge in [0.15, 0.2) is 5.13 Å². The molecule has 130 valence electrons. The molecule has 2 aromatic carbocycles. The summed E-state index contributed by atoms with van der Waals surface area (Å²) in [6.07, 6.45) is 1.97. The van der Waals surface area contributed by atoms with E-state index < -0.39 is 11.6 Å². The summed E-state index contributed by atoms with van der Waals surface area (Å²) in [5, 5.41) is 5.48. The first-order valence-electron chi connectivity index (χ1n) is 7.86. The Balaban J connectivity index is 1.51. The zero-order valence-corrected chi connectivity index (χ0v) is 14.2. The van der Waals surface area contributed by atoms with Crippen LogP contribution in [0.15, 0.2) is 54.0 Å². The molecule has 2 aromatic heterocycles. The lowest BCUT2D eigenvalue weighted by molar-refractivity contribution is -0.115. The summed E-state index contributed by atoms with van der Waals surface area (Å²) in [5.41, 5.74) is 1.80. The van der Waals surface area contributed by atoms with E-state index in [4.69, 9.17) is 0 Å². The van der Waals surface area contributed by atoms with Crippen LogP contribution in [0.4, 0.5) is 13.9 Å². The molecule has 0 radical (unpaired) electrons. The number of nitrogens with one attached hydrogen (secondary N) is 2. The van der Waals surface area contributed by atoms with E-state index in [1.807, 2.05) is 24.3 Å². The molecule has 1 amide bonds. The summed E-state index contributed by atoms with van der Waals surface area (Å²) < 4.78 is 27.7. The zero-order chi connectivity index (χ0) is 18.1. The van der Waals surface area contributed by atoms with Crippen LogP contribution >= 0.6 is 11.3 Å². The number of hydrogen-bond acceptors (Lipinski definition) is 3. The minimum atomic E-state index is -0.688. The van der Waals surface area contributed by atoms with Gasteiger partial charge in [0.1, 0.15) is 11.6 Å². The molecule has 0 aliphatic carbocycles. The van der Waals surface area contributed by atoms with E-state index in [-0.39, 0.29) is 23.6 Å². The third-order valence-corrected chi connectivity index (χ3v) is 4.75. The van der Waals surface area contributed by atoms with Gasteiger partial charge in [-0.2, -0.15) is 0 Å². The first kappa shape index (κ1) is 16.4. The molecule has 26 heavy (non-hydrogen) atoms. The summed E-state index contributed by atoms with van der Waals surface area (Å²) in [7, 11) is 0. The van der Waals surface area contributed by atoms with E-state index in [1.54, 1.807) is 6.20 Å². The normalized spacial score (nSPS) is 11.0. The summed E-state index contributed by atoms with van der Waals surface area (Å²) >= 11 is 1.12. The highest BCUT2D eigenvalue weighted by Crippen LogP contribution is 2.29. The van der Waals surface area contributed by atoms with Gasteiger partial charge in [-0.25, -0.2) is 13.8 Å². The fourth-order valence-corrected chi connectivity index (χ4v) is 3.52. The molecular formula is C19H13F2N3OS. The molecule has 7 heteroatoms. The summed E-state index contributed by atoms with van der Waals surface area (Å²) in [5.74, 6) is -1.62. The number of aromatic nitrogens is 2. The number of fused-ring (bicyclic) bond motifs is 1. The molecule has 0 saturated carbocycles. The van der Waals surface area contributed by atoms with Gasteiger partial charge in [0.05, 0.1) is 17.7 Å². The fraction of sp³-hybridized carbons (Fsp3) is 0.0526. The van der Waals surface area contributed by atoms with Crippen molar-refractivity contribution in [1.82, 2.24) is 9.97 Å². The maximum absolute atomic E-state index is 13.8. The quantitative estimate of drug-likeness (QED) is 0.545. The summed E-state index contributed by atoms with van der Waals surface area (Å²) in [6.45, 7) is 0. The number of nitrogens with zero attached hydrogens (tertiary/aromatic N) is 1. The maximum Gasteiger partial charge on any atom is 0.230 e. The smallest absolute Gasteiger partial charge is 0.230 e. The van der Waals surface area contributed by atoms with Gasteiger partial charge in [-0.1, -0.05) is 24.3 Å². The molecule has 0 saturated heterocycles. The number of thiazole rings is 1. The van der Waals surface area contributed by atoms with Gasteiger partial charge in [0.2, 0.25) is 5.91 Å². The Morgan fingerprint density at radius 3 is 2.69 bits per heavy atom. The van der Waals surface area contributed by atoms with Crippen LogP contribution in [0, 0.1) is 11.6 Å². The van der Waals surface area contributed by atoms with Crippen molar-refractivity contribution in [3.05, 3.63) is 71.2 Å². The molecule has 0 aliphatic rings. The number of carbonyl (C=O) groups excluding carboxylic acids is 1. The van der Waals surface area contributed by atoms with Gasteiger partial charge in [-0.3, -0.25) is 4.79 Å². The molecule has 0 unspecified atom stereocenters. The van der Waals surface area contributed by atoms with Crippen molar-refractivity contribution in [3.63, 3.8) is 0 Å². The van der Waals surface area contributed by atoms with Gasteiger partial charge in [-0.05, 0) is 23.8 Å². The number of para-hydroxylation sites is 1. The predicted molar refractivity (Wildman–Crippen MR) is 98.1 cm³/mol. The number of amides is 1. The standard InChI is InChI=1S/C19H13F2N3OS/c20-13-5-3-6-14(21)18(13)16-10-26-19(23-16)24-17(25)8-11-9-22-15-7-2-1-4-12(11)15/h1-7,9-10,22H,8H2,(H,23,24,25). The molecule has 4 rings (SSSR count). The van der Waals surface area contributed by atoms with E-state index in [0.29, 0.717) is 5.13 Å². The van der Waals surface area contributed by atoms with Crippen LogP contribution in [-0.4, -0.2) is 15.9 Å². The van der Waals surface area contributed by atoms with Crippen LogP contribution in [0.3, 0.4) is 0 Å². The van der Waals surface area contributed by atoms with Crippen LogP contribution in [0.5, 0.6) is 0 Å². The Morgan fingerprint density at radius 1 is 1.12 bits per heavy atom. The fourth-order valence-electron chi connectivity index (χ4n) is 2.80. The Morgan fingerprint density at radius 2 is 1.88 bits per heavy atom. The topological polar surface area (TPSA) is 57.8 Å². The third kappa shape index (κ3) is 3.09. The van der Waals surface area contributed by atoms with E-state index in [0.717, 1.165) is 27.8 Å². The van der Waals surface area contributed by atoms with Crippen molar-refractivity contribution >= 4 is 33.3 Å². The predicted octanol–water partition coefficient (Wildman–Crippen LogP) is 4.75. The molecule has 4 nitrogen and oxygen atoms in total. The molecule has 0 fully saturated rings. The van der Waals surface area contributed by atoms with Gasteiger partial charge in [0, 0.05) is 22.5 Å². The minimum absolute atomic E-state index is 0.160. The molecule has 2 N–H and O–H groups in total. The van der Waals surface area contributed by atoms with Crippen LogP contribution in [-0.2, 0) is 11.2 Å². The second-order valence-corrected chi connectivity index (χ2v) is 6.58. The Bertz CT molecular complexity index is 1080. The average Bonchev–Trinajstić information content (AvgIpc) is 3.23. The van der Waals surface area contributed by atoms with Gasteiger partial charge in [0.25, 0.3) is 0 Å². The minimum Gasteiger partial charge on any atom is -0.361 e. The number of anilines is 1. The monoisotopic (exact) mass is 369 g/mol. The Labute approximate surface area is 151 Å². The van der Waals surface area contributed by atoms with E-state index in [9.17, 15) is 13.6 Å². The molecule has 4 aromatic rings. The number of benzene rings is 2. The van der Waals surface area contributed by atoms with Crippen LogP contribution in [0.1, 0.15) is 5.56 Å². The molecule has 0 atom stereocenters. The molecule has 0 bridgehead atoms. The lowest BCUT2D eigenvalue weighted by Gasteiger charge is -2.02. The molecule has 2 heterocycles. The van der Waals surface area contributed by atoms with Crippen molar-refractivity contribution in [2.75, 3.05) is 5.32 Å². The van der Waals surface area contributed by atoms with Crippen LogP contribution in [0.2, 0.25) is 0 Å². The highest BCUT2D eigenvalue weighted by atomic mass is 32.1. The lowest BCUT2D eigenvalue weighted by atomic mass is 10.1. The molecule has 0 aliphatic heterocycles. The number of H-pyrrole nitrogens is 1. The SMILES string of the molecule is O=C(Cc1c[nH]c2ccccc12)Nc1nc(-c2c(F)cccc2F)cs1. The number of rotatable bonds is 4. The third-order valence-electron chi connectivity index (χ3n) is 4.00.